The minimum absolute atomic E-state index is 0.0723. The number of nitrogens with one attached hydrogen (secondary N) is 1. The highest BCUT2D eigenvalue weighted by molar-refractivity contribution is 8.18. The van der Waals surface area contributed by atoms with Crippen molar-refractivity contribution in [2.45, 2.75) is 0 Å². The van der Waals surface area contributed by atoms with Crippen molar-refractivity contribution < 1.29 is 24.2 Å². The second kappa shape index (κ2) is 6.57. The fraction of sp³-hybridized carbons (Fsp3) is 0.0556. The summed E-state index contributed by atoms with van der Waals surface area (Å²) in [4.78, 5) is 28.2. The van der Waals surface area contributed by atoms with Gasteiger partial charge in [0, 0.05) is 0 Å². The van der Waals surface area contributed by atoms with Crippen LogP contribution in [0.25, 0.3) is 6.08 Å². The van der Waals surface area contributed by atoms with E-state index < -0.39 is 5.97 Å². The zero-order valence-electron chi connectivity index (χ0n) is 13.3. The van der Waals surface area contributed by atoms with Crippen LogP contribution in [0.5, 0.6) is 11.5 Å². The first kappa shape index (κ1) is 16.2. The van der Waals surface area contributed by atoms with Crippen LogP contribution in [-0.4, -0.2) is 28.9 Å². The molecule has 26 heavy (non-hydrogen) atoms. The lowest BCUT2D eigenvalue weighted by atomic mass is 10.2. The maximum absolute atomic E-state index is 12.2. The predicted octanol–water partition coefficient (Wildman–Crippen LogP) is 3.01. The molecule has 0 bridgehead atoms. The van der Waals surface area contributed by atoms with Gasteiger partial charge in [-0.15, -0.1) is 0 Å². The van der Waals surface area contributed by atoms with Gasteiger partial charge in [-0.2, -0.15) is 0 Å². The Balaban J connectivity index is 1.60. The summed E-state index contributed by atoms with van der Waals surface area (Å²) in [6.07, 6.45) is 1.72. The van der Waals surface area contributed by atoms with Gasteiger partial charge >= 0.3 is 5.97 Å². The molecule has 0 radical (unpaired) electrons. The van der Waals surface area contributed by atoms with Gasteiger partial charge in [0.2, 0.25) is 6.79 Å². The Bertz CT molecular complexity index is 983. The number of hydrogen-bond donors (Lipinski definition) is 2. The van der Waals surface area contributed by atoms with Gasteiger partial charge in [-0.1, -0.05) is 18.2 Å². The van der Waals surface area contributed by atoms with Crippen molar-refractivity contribution in [1.29, 1.82) is 0 Å². The van der Waals surface area contributed by atoms with Crippen LogP contribution >= 0.6 is 11.8 Å². The average molecular weight is 368 g/mol. The van der Waals surface area contributed by atoms with Crippen molar-refractivity contribution in [3.8, 4) is 11.5 Å². The number of ether oxygens (including phenoxy) is 2. The summed E-state index contributed by atoms with van der Waals surface area (Å²) in [5.41, 5.74) is 1.15. The van der Waals surface area contributed by atoms with Crippen molar-refractivity contribution in [3.05, 3.63) is 58.5 Å². The molecule has 0 unspecified atom stereocenters. The quantitative estimate of drug-likeness (QED) is 0.809. The molecule has 0 saturated carbocycles. The van der Waals surface area contributed by atoms with Gasteiger partial charge in [0.05, 0.1) is 16.2 Å². The van der Waals surface area contributed by atoms with Crippen LogP contribution in [-0.2, 0) is 4.79 Å². The Morgan fingerprint density at radius 2 is 2.00 bits per heavy atom. The molecule has 1 saturated heterocycles. The van der Waals surface area contributed by atoms with Crippen LogP contribution in [0.2, 0.25) is 0 Å². The highest BCUT2D eigenvalue weighted by atomic mass is 32.2. The zero-order chi connectivity index (χ0) is 18.1. The summed E-state index contributed by atoms with van der Waals surface area (Å²) >= 11 is 1.15. The lowest BCUT2D eigenvalue weighted by Crippen LogP contribution is -2.19. The Labute approximate surface area is 152 Å². The number of nitrogens with zero attached hydrogens (tertiary/aromatic N) is 1. The summed E-state index contributed by atoms with van der Waals surface area (Å²) in [5.74, 6) is -0.0649. The summed E-state index contributed by atoms with van der Waals surface area (Å²) in [7, 11) is 0. The second-order valence-electron chi connectivity index (χ2n) is 5.42. The van der Waals surface area contributed by atoms with Crippen molar-refractivity contribution in [1.82, 2.24) is 5.32 Å². The first-order valence-electron chi connectivity index (χ1n) is 7.62. The van der Waals surface area contributed by atoms with Gasteiger partial charge in [0.1, 0.15) is 0 Å². The second-order valence-corrected chi connectivity index (χ2v) is 6.45. The molecule has 4 rings (SSSR count). The van der Waals surface area contributed by atoms with E-state index in [0.717, 1.165) is 17.3 Å². The largest absolute Gasteiger partial charge is 0.478 e. The number of amides is 1. The average Bonchev–Trinajstić information content (AvgIpc) is 3.21. The van der Waals surface area contributed by atoms with E-state index in [9.17, 15) is 14.7 Å². The van der Waals surface area contributed by atoms with E-state index in [1.807, 2.05) is 6.07 Å². The molecule has 2 heterocycles. The van der Waals surface area contributed by atoms with Gasteiger partial charge in [-0.3, -0.25) is 4.79 Å². The van der Waals surface area contributed by atoms with Crippen LogP contribution in [0.3, 0.4) is 0 Å². The molecular weight excluding hydrogens is 356 g/mol. The van der Waals surface area contributed by atoms with Crippen molar-refractivity contribution >= 4 is 40.6 Å². The number of rotatable bonds is 3. The lowest BCUT2D eigenvalue weighted by Gasteiger charge is -2.01. The molecule has 0 atom stereocenters. The number of carboxylic acid groups (broad SMARTS) is 1. The Hall–Kier alpha value is -3.26. The number of carbonyl (C=O) groups excluding carboxylic acids is 1. The molecule has 0 aromatic heterocycles. The Kier molecular flexibility index (Phi) is 4.10. The first-order valence-corrected chi connectivity index (χ1v) is 8.43. The third-order valence-electron chi connectivity index (χ3n) is 3.70. The molecule has 8 heteroatoms. The SMILES string of the molecule is O=C1NC(=Nc2ccccc2C(=O)O)S/C1=C\c1ccc2c(c1)OCO2. The molecule has 130 valence electrons. The Morgan fingerprint density at radius 3 is 2.85 bits per heavy atom. The van der Waals surface area contributed by atoms with E-state index in [-0.39, 0.29) is 24.0 Å². The minimum atomic E-state index is -1.07. The number of carboxylic acids is 1. The number of benzene rings is 2. The number of amidine groups is 1. The van der Waals surface area contributed by atoms with Gasteiger partial charge in [-0.25, -0.2) is 9.79 Å². The van der Waals surface area contributed by atoms with Crippen LogP contribution in [0.15, 0.2) is 52.4 Å². The maximum atomic E-state index is 12.2. The minimum Gasteiger partial charge on any atom is -0.478 e. The summed E-state index contributed by atoms with van der Waals surface area (Å²) in [6, 6.07) is 11.8. The van der Waals surface area contributed by atoms with Gasteiger partial charge in [0.25, 0.3) is 5.91 Å². The number of carbonyl (C=O) groups is 2. The normalized spacial score (nSPS) is 18.4. The molecule has 0 spiro atoms. The van der Waals surface area contributed by atoms with Gasteiger partial charge in [0.15, 0.2) is 16.7 Å². The molecule has 2 aromatic rings. The van der Waals surface area contributed by atoms with Crippen molar-refractivity contribution in [3.63, 3.8) is 0 Å². The lowest BCUT2D eigenvalue weighted by molar-refractivity contribution is -0.115. The molecule has 2 aliphatic heterocycles. The molecule has 7 nitrogen and oxygen atoms in total. The molecular formula is C18H12N2O5S. The van der Waals surface area contributed by atoms with E-state index in [2.05, 4.69) is 10.3 Å². The molecule has 0 aliphatic carbocycles. The number of thioether (sulfide) groups is 1. The molecule has 2 N–H and O–H groups in total. The van der Waals surface area contributed by atoms with Gasteiger partial charge < -0.3 is 19.9 Å². The molecule has 2 aliphatic rings. The number of aromatic carboxylic acids is 1. The summed E-state index contributed by atoms with van der Waals surface area (Å²) in [5, 5.41) is 12.2. The highest BCUT2D eigenvalue weighted by Gasteiger charge is 2.25. The van der Waals surface area contributed by atoms with E-state index in [1.54, 1.807) is 36.4 Å². The smallest absolute Gasteiger partial charge is 0.337 e. The Morgan fingerprint density at radius 1 is 1.19 bits per heavy atom. The zero-order valence-corrected chi connectivity index (χ0v) is 14.1. The summed E-state index contributed by atoms with van der Waals surface area (Å²) < 4.78 is 10.6. The molecule has 1 fully saturated rings. The molecule has 1 amide bonds. The number of hydrogen-bond acceptors (Lipinski definition) is 6. The number of aliphatic imine (C=N–C) groups is 1. The standard InChI is InChI=1S/C18H12N2O5S/c21-16-15(8-10-5-6-13-14(7-10)25-9-24-13)26-18(20-16)19-12-4-2-1-3-11(12)17(22)23/h1-8H,9H2,(H,22,23)(H,19,20,21)/b15-8-. The highest BCUT2D eigenvalue weighted by Crippen LogP contribution is 2.35. The topological polar surface area (TPSA) is 97.2 Å². The fourth-order valence-corrected chi connectivity index (χ4v) is 3.33. The summed E-state index contributed by atoms with van der Waals surface area (Å²) in [6.45, 7) is 0.185. The van der Waals surface area contributed by atoms with Gasteiger partial charge in [-0.05, 0) is 47.7 Å². The van der Waals surface area contributed by atoms with Crippen LogP contribution in [0, 0.1) is 0 Å². The third-order valence-corrected chi connectivity index (χ3v) is 4.61. The number of fused-ring (bicyclic) bond motifs is 1. The van der Waals surface area contributed by atoms with Crippen LogP contribution < -0.4 is 14.8 Å². The predicted molar refractivity (Wildman–Crippen MR) is 96.8 cm³/mol. The monoisotopic (exact) mass is 368 g/mol. The maximum Gasteiger partial charge on any atom is 0.337 e. The van der Waals surface area contributed by atoms with Crippen molar-refractivity contribution in [2.75, 3.05) is 6.79 Å². The van der Waals surface area contributed by atoms with E-state index in [4.69, 9.17) is 9.47 Å². The van der Waals surface area contributed by atoms with Crippen LogP contribution in [0.4, 0.5) is 5.69 Å². The van der Waals surface area contributed by atoms with Crippen LogP contribution in [0.1, 0.15) is 15.9 Å². The van der Waals surface area contributed by atoms with Crippen molar-refractivity contribution in [2.24, 2.45) is 4.99 Å². The van der Waals surface area contributed by atoms with E-state index in [1.165, 1.54) is 6.07 Å². The fourth-order valence-electron chi connectivity index (χ4n) is 2.50. The molecule has 2 aromatic carbocycles. The number of para-hydroxylation sites is 1. The van der Waals surface area contributed by atoms with E-state index >= 15 is 0 Å². The third kappa shape index (κ3) is 3.14. The first-order chi connectivity index (χ1) is 12.6. The van der Waals surface area contributed by atoms with E-state index in [0.29, 0.717) is 21.6 Å².